The third-order valence-corrected chi connectivity index (χ3v) is 12.1. The first-order chi connectivity index (χ1) is 24.7. The fourth-order valence-corrected chi connectivity index (χ4v) is 9.15. The molecule has 3 unspecified atom stereocenters. The van der Waals surface area contributed by atoms with Gasteiger partial charge in [-0.15, -0.1) is 0 Å². The van der Waals surface area contributed by atoms with Crippen molar-refractivity contribution in [1.82, 2.24) is 34.1 Å². The third-order valence-electron chi connectivity index (χ3n) is 7.92. The number of ether oxygens (including phenoxy) is 3. The van der Waals surface area contributed by atoms with Gasteiger partial charge >= 0.3 is 21.3 Å². The first-order valence-corrected chi connectivity index (χ1v) is 19.2. The largest absolute Gasteiger partial charge is 0.756 e. The summed E-state index contributed by atoms with van der Waals surface area (Å²) < 4.78 is 74.7. The van der Waals surface area contributed by atoms with E-state index < -0.39 is 96.9 Å². The number of rotatable bonds is 13. The summed E-state index contributed by atoms with van der Waals surface area (Å²) >= 11 is 0. The van der Waals surface area contributed by atoms with Gasteiger partial charge in [-0.05, 0) is 0 Å². The molecule has 0 amide bonds. The molecular weight excluding hydrogens is 785 g/mol. The number of aliphatic hydroxyl groups excluding tert-OH is 3. The molecule has 53 heavy (non-hydrogen) atoms. The van der Waals surface area contributed by atoms with Crippen LogP contribution in [0.1, 0.15) is 12.5 Å². The quantitative estimate of drug-likeness (QED) is 0.0453. The van der Waals surface area contributed by atoms with E-state index in [-0.39, 0.29) is 34.2 Å². The summed E-state index contributed by atoms with van der Waals surface area (Å²) in [6, 6.07) is 0. The number of hydrogen-bond donors (Lipinski definition) is 9. The van der Waals surface area contributed by atoms with E-state index in [1.165, 1.54) is 29.6 Å². The van der Waals surface area contributed by atoms with Crippen LogP contribution in [-0.4, -0.2) is 116 Å². The van der Waals surface area contributed by atoms with Gasteiger partial charge < -0.3 is 60.2 Å². The molecule has 11 N–H and O–H groups in total. The van der Waals surface area contributed by atoms with Crippen molar-refractivity contribution in [3.05, 3.63) is 33.4 Å². The second-order valence-electron chi connectivity index (χ2n) is 11.5. The summed E-state index contributed by atoms with van der Waals surface area (Å²) in [5.74, 6) is -0.551. The fourth-order valence-electron chi connectivity index (χ4n) is 5.67. The van der Waals surface area contributed by atoms with Gasteiger partial charge in [-0.25, -0.2) is 23.0 Å². The summed E-state index contributed by atoms with van der Waals surface area (Å²) in [4.78, 5) is 73.4. The number of nitrogens with zero attached hydrogens (tertiary/aromatic N) is 6. The molecule has 2 fully saturated rings. The SMILES string of the molecule is CO[C@@H]1[C@H](O)[C@@H](COP(=O)(O)OP(=O)(O)OP(=O)([O-])OC[C@H]2O[C@@H]([n+]3cn(C)c4c(=O)[nH]c(N)nc43)[C@H](O)[C@@H]2O)O[C@H]1n1cnc2c(=O)[nH]c(N)nc21. The molecule has 6 rings (SSSR count). The van der Waals surface area contributed by atoms with E-state index in [9.17, 15) is 53.3 Å². The normalized spacial score (nSPS) is 29.7. The van der Waals surface area contributed by atoms with E-state index in [4.69, 9.17) is 25.7 Å². The smallest absolute Gasteiger partial charge is 0.487 e. The van der Waals surface area contributed by atoms with Crippen LogP contribution in [-0.2, 0) is 52.6 Å². The number of fused-ring (bicyclic) bond motifs is 2. The standard InChI is InChI=1S/C22H31N10O18P3/c1-30-6-32(16-10(30)18(37)29-22(24)27-16)19-13(35)11(33)7(47-19)3-45-51(38,39)49-53(42,43)50-52(40,41)46-4-8-12(34)14(44-2)20(48-8)31-5-25-9-15(31)26-21(23)28-17(9)36/h5-8,11-14,19-20,33-35H,3-4H2,1-2H3,(H8-,23,24,26,27,28,29,36,37,38,39,40,41,42,43)/t7-,8-,11-,12-,13-,14-,19-,20-/m1/s1. The minimum Gasteiger partial charge on any atom is -0.756 e. The van der Waals surface area contributed by atoms with Crippen molar-refractivity contribution in [1.29, 1.82) is 0 Å². The number of imidazole rings is 2. The number of H-pyrrole nitrogens is 2. The highest BCUT2D eigenvalue weighted by Gasteiger charge is 2.49. The van der Waals surface area contributed by atoms with Crippen LogP contribution in [0, 0.1) is 0 Å². The maximum absolute atomic E-state index is 12.5. The number of methoxy groups -OCH3 is 1. The van der Waals surface area contributed by atoms with E-state index in [1.807, 2.05) is 0 Å². The van der Waals surface area contributed by atoms with Crippen LogP contribution >= 0.6 is 23.5 Å². The molecule has 6 heterocycles. The third kappa shape index (κ3) is 7.85. The Labute approximate surface area is 293 Å². The van der Waals surface area contributed by atoms with Gasteiger partial charge in [0, 0.05) is 7.11 Å². The predicted octanol–water partition coefficient (Wildman–Crippen LogP) is -4.53. The highest BCUT2D eigenvalue weighted by molar-refractivity contribution is 7.66. The monoisotopic (exact) mass is 816 g/mol. The van der Waals surface area contributed by atoms with Gasteiger partial charge in [-0.2, -0.15) is 9.29 Å². The number of aryl methyl sites for hydroxylation is 1. The maximum Gasteiger partial charge on any atom is 0.487 e. The summed E-state index contributed by atoms with van der Waals surface area (Å²) in [6.45, 7) is -2.16. The Morgan fingerprint density at radius 2 is 1.58 bits per heavy atom. The first-order valence-electron chi connectivity index (χ1n) is 14.8. The molecule has 0 spiro atoms. The van der Waals surface area contributed by atoms with Gasteiger partial charge in [0.2, 0.25) is 17.7 Å². The number of aliphatic hydroxyl groups is 3. The minimum atomic E-state index is -6.05. The van der Waals surface area contributed by atoms with Crippen LogP contribution in [0.2, 0.25) is 0 Å². The maximum atomic E-state index is 12.5. The van der Waals surface area contributed by atoms with Crippen molar-refractivity contribution in [2.45, 2.75) is 49.1 Å². The zero-order chi connectivity index (χ0) is 38.8. The number of nitrogens with one attached hydrogen (secondary N) is 2. The summed E-state index contributed by atoms with van der Waals surface area (Å²) in [6.07, 6.45) is -9.88. The van der Waals surface area contributed by atoms with Gasteiger partial charge in [0.15, 0.2) is 23.7 Å². The molecule has 0 radical (unpaired) electrons. The molecule has 0 bridgehead atoms. The highest BCUT2D eigenvalue weighted by Crippen LogP contribution is 2.66. The van der Waals surface area contributed by atoms with Crippen molar-refractivity contribution < 1.29 is 80.1 Å². The molecule has 0 aromatic carbocycles. The van der Waals surface area contributed by atoms with Gasteiger partial charge in [0.1, 0.15) is 36.6 Å². The molecule has 2 aliphatic heterocycles. The lowest BCUT2D eigenvalue weighted by Gasteiger charge is -2.26. The Hall–Kier alpha value is -3.53. The molecule has 292 valence electrons. The molecular formula is C22H31N10O18P3. The van der Waals surface area contributed by atoms with E-state index >= 15 is 0 Å². The number of anilines is 2. The van der Waals surface area contributed by atoms with Crippen molar-refractivity contribution >= 4 is 57.7 Å². The average molecular weight is 816 g/mol. The van der Waals surface area contributed by atoms with Crippen LogP contribution in [0.3, 0.4) is 0 Å². The van der Waals surface area contributed by atoms with Crippen LogP contribution in [0.4, 0.5) is 11.9 Å². The Morgan fingerprint density at radius 1 is 0.943 bits per heavy atom. The van der Waals surface area contributed by atoms with Gasteiger partial charge in [-0.3, -0.25) is 37.8 Å². The highest BCUT2D eigenvalue weighted by atomic mass is 31.3. The molecule has 4 aromatic heterocycles. The van der Waals surface area contributed by atoms with E-state index in [1.54, 1.807) is 0 Å². The number of nitrogen functional groups attached to an aromatic ring is 2. The van der Waals surface area contributed by atoms with Crippen LogP contribution < -0.4 is 32.0 Å². The molecule has 4 aromatic rings. The van der Waals surface area contributed by atoms with Gasteiger partial charge in [0.05, 0.1) is 26.6 Å². The fraction of sp³-hybridized carbons (Fsp3) is 0.545. The van der Waals surface area contributed by atoms with Crippen LogP contribution in [0.25, 0.3) is 22.3 Å². The zero-order valence-corrected chi connectivity index (χ0v) is 29.6. The molecule has 28 nitrogen and oxygen atoms in total. The number of aromatic amines is 2. The molecule has 2 saturated heterocycles. The summed E-state index contributed by atoms with van der Waals surface area (Å²) in [5.41, 5.74) is 9.61. The van der Waals surface area contributed by atoms with Crippen molar-refractivity contribution in [2.75, 3.05) is 31.8 Å². The number of phosphoric acid groups is 3. The Kier molecular flexibility index (Phi) is 10.6. The van der Waals surface area contributed by atoms with Crippen molar-refractivity contribution in [3.8, 4) is 0 Å². The first kappa shape index (κ1) is 39.2. The predicted molar refractivity (Wildman–Crippen MR) is 166 cm³/mol. The molecule has 0 aliphatic carbocycles. The number of nitrogens with two attached hydrogens (primary N) is 2. The van der Waals surface area contributed by atoms with Crippen molar-refractivity contribution in [2.24, 2.45) is 7.05 Å². The van der Waals surface area contributed by atoms with E-state index in [0.29, 0.717) is 0 Å². The molecule has 31 heteroatoms. The lowest BCUT2D eigenvalue weighted by Crippen LogP contribution is -2.46. The second kappa shape index (κ2) is 14.3. The van der Waals surface area contributed by atoms with Gasteiger partial charge in [-0.1, -0.05) is 4.98 Å². The number of aromatic nitrogens is 8. The second-order valence-corrected chi connectivity index (χ2v) is 16.1. The van der Waals surface area contributed by atoms with E-state index in [2.05, 4.69) is 42.6 Å². The van der Waals surface area contributed by atoms with Gasteiger partial charge in [0.25, 0.3) is 24.9 Å². The molecule has 11 atom stereocenters. The van der Waals surface area contributed by atoms with Crippen LogP contribution in [0.15, 0.2) is 22.2 Å². The van der Waals surface area contributed by atoms with Crippen LogP contribution in [0.5, 0.6) is 0 Å². The van der Waals surface area contributed by atoms with Crippen molar-refractivity contribution in [3.63, 3.8) is 0 Å². The number of hydrogen-bond acceptors (Lipinski definition) is 21. The lowest BCUT2D eigenvalue weighted by atomic mass is 10.1. The minimum absolute atomic E-state index is 0.00592. The molecule has 2 aliphatic rings. The van der Waals surface area contributed by atoms with E-state index in [0.717, 1.165) is 10.9 Å². The topological polar surface area (TPSA) is 410 Å². The summed E-state index contributed by atoms with van der Waals surface area (Å²) in [5, 5.41) is 31.8. The Bertz CT molecular complexity index is 2300. The lowest BCUT2D eigenvalue weighted by molar-refractivity contribution is -0.745. The summed E-state index contributed by atoms with van der Waals surface area (Å²) in [7, 11) is -15.0. The molecule has 0 saturated carbocycles. The Balaban J connectivity index is 1.06. The number of phosphoric ester groups is 2. The Morgan fingerprint density at radius 3 is 2.28 bits per heavy atom. The average Bonchev–Trinajstić information content (AvgIpc) is 3.76. The zero-order valence-electron chi connectivity index (χ0n) is 26.9.